The maximum absolute atomic E-state index is 13.2. The number of benzene rings is 1. The van der Waals surface area contributed by atoms with Gasteiger partial charge in [0.05, 0.1) is 12.1 Å². The van der Waals surface area contributed by atoms with Crippen LogP contribution in [-0.4, -0.2) is 13.3 Å². The lowest BCUT2D eigenvalue weighted by atomic mass is 10.3. The van der Waals surface area contributed by atoms with Gasteiger partial charge >= 0.3 is 6.16 Å². The largest absolute Gasteiger partial charge is 0.513 e. The summed E-state index contributed by atoms with van der Waals surface area (Å²) < 4.78 is 22.4. The molecule has 0 bridgehead atoms. The van der Waals surface area contributed by atoms with E-state index in [-0.39, 0.29) is 10.8 Å². The lowest BCUT2D eigenvalue weighted by Crippen LogP contribution is -2.08. The second-order valence-electron chi connectivity index (χ2n) is 2.26. The van der Waals surface area contributed by atoms with Crippen molar-refractivity contribution in [3.05, 3.63) is 27.4 Å². The van der Waals surface area contributed by atoms with Gasteiger partial charge in [0.25, 0.3) is 0 Å². The topological polar surface area (TPSA) is 35.5 Å². The van der Waals surface area contributed by atoms with Crippen molar-refractivity contribution in [1.82, 2.24) is 0 Å². The van der Waals surface area contributed by atoms with Gasteiger partial charge in [-0.15, -0.1) is 0 Å². The summed E-state index contributed by atoms with van der Waals surface area (Å²) in [5.41, 5.74) is 0. The maximum Gasteiger partial charge on any atom is 0.513 e. The Morgan fingerprint density at radius 2 is 2.21 bits per heavy atom. The second-order valence-corrected chi connectivity index (χ2v) is 3.58. The van der Waals surface area contributed by atoms with Crippen LogP contribution in [0.5, 0.6) is 5.75 Å². The van der Waals surface area contributed by atoms with Crippen molar-refractivity contribution >= 4 is 33.7 Å². The Balaban J connectivity index is 3.02. The van der Waals surface area contributed by atoms with Gasteiger partial charge in [0.2, 0.25) is 0 Å². The molecule has 0 N–H and O–H groups in total. The van der Waals surface area contributed by atoms with E-state index in [1.165, 1.54) is 12.1 Å². The van der Waals surface area contributed by atoms with Crippen LogP contribution in [0.2, 0.25) is 5.02 Å². The number of carbonyl (C=O) groups is 1. The van der Waals surface area contributed by atoms with Crippen LogP contribution in [-0.2, 0) is 4.74 Å². The number of halogens is 3. The first-order valence-electron chi connectivity index (χ1n) is 3.45. The molecule has 0 aliphatic carbocycles. The highest BCUT2D eigenvalue weighted by Gasteiger charge is 2.13. The van der Waals surface area contributed by atoms with Crippen molar-refractivity contribution < 1.29 is 18.7 Å². The zero-order chi connectivity index (χ0) is 10.7. The highest BCUT2D eigenvalue weighted by Crippen LogP contribution is 2.29. The Morgan fingerprint density at radius 3 is 2.79 bits per heavy atom. The molecule has 0 heterocycles. The van der Waals surface area contributed by atoms with Gasteiger partial charge in [-0.2, -0.15) is 0 Å². The molecule has 14 heavy (non-hydrogen) atoms. The van der Waals surface area contributed by atoms with Gasteiger partial charge in [0.15, 0.2) is 11.6 Å². The molecule has 0 saturated heterocycles. The summed E-state index contributed by atoms with van der Waals surface area (Å²) in [4.78, 5) is 10.7. The first-order chi connectivity index (χ1) is 6.54. The van der Waals surface area contributed by atoms with Gasteiger partial charge in [-0.3, -0.25) is 0 Å². The molecule has 0 aliphatic rings. The van der Waals surface area contributed by atoms with Crippen molar-refractivity contribution in [3.63, 3.8) is 0 Å². The Kier molecular flexibility index (Phi) is 3.71. The van der Waals surface area contributed by atoms with Crippen LogP contribution in [0.3, 0.4) is 0 Å². The molecule has 0 radical (unpaired) electrons. The van der Waals surface area contributed by atoms with Crippen LogP contribution in [0.15, 0.2) is 16.6 Å². The first kappa shape index (κ1) is 11.3. The van der Waals surface area contributed by atoms with E-state index >= 15 is 0 Å². The molecule has 1 rings (SSSR count). The Morgan fingerprint density at radius 1 is 1.57 bits per heavy atom. The Hall–Kier alpha value is -0.810. The average Bonchev–Trinajstić information content (AvgIpc) is 2.13. The number of ether oxygens (including phenoxy) is 2. The predicted octanol–water partition coefficient (Wildman–Crippen LogP) is 3.39. The number of methoxy groups -OCH3 is 1. The molecule has 1 aromatic carbocycles. The van der Waals surface area contributed by atoms with Crippen molar-refractivity contribution in [1.29, 1.82) is 0 Å². The minimum Gasteiger partial charge on any atom is -0.437 e. The lowest BCUT2D eigenvalue weighted by molar-refractivity contribution is 0.119. The number of hydrogen-bond acceptors (Lipinski definition) is 3. The average molecular weight is 283 g/mol. The number of hydrogen-bond donors (Lipinski definition) is 0. The zero-order valence-corrected chi connectivity index (χ0v) is 9.36. The monoisotopic (exact) mass is 282 g/mol. The maximum atomic E-state index is 13.2. The fourth-order valence-corrected chi connectivity index (χ4v) is 1.52. The summed E-state index contributed by atoms with van der Waals surface area (Å²) in [6.45, 7) is 0. The SMILES string of the molecule is COC(=O)Oc1cc(Br)cc(Cl)c1F. The van der Waals surface area contributed by atoms with Crippen molar-refractivity contribution in [2.45, 2.75) is 0 Å². The van der Waals surface area contributed by atoms with Crippen LogP contribution < -0.4 is 4.74 Å². The molecule has 76 valence electrons. The Labute approximate surface area is 92.9 Å². The van der Waals surface area contributed by atoms with Gasteiger partial charge < -0.3 is 9.47 Å². The van der Waals surface area contributed by atoms with Crippen molar-refractivity contribution in [3.8, 4) is 5.75 Å². The van der Waals surface area contributed by atoms with Crippen LogP contribution in [0.4, 0.5) is 9.18 Å². The van der Waals surface area contributed by atoms with E-state index in [4.69, 9.17) is 11.6 Å². The molecule has 3 nitrogen and oxygen atoms in total. The van der Waals surface area contributed by atoms with Crippen molar-refractivity contribution in [2.75, 3.05) is 7.11 Å². The molecule has 6 heteroatoms. The lowest BCUT2D eigenvalue weighted by Gasteiger charge is -2.05. The molecule has 0 saturated carbocycles. The fourth-order valence-electron chi connectivity index (χ4n) is 0.738. The van der Waals surface area contributed by atoms with E-state index in [1.807, 2.05) is 0 Å². The van der Waals surface area contributed by atoms with Crippen molar-refractivity contribution in [2.24, 2.45) is 0 Å². The molecule has 0 atom stereocenters. The highest BCUT2D eigenvalue weighted by atomic mass is 79.9. The molecular weight excluding hydrogens is 278 g/mol. The fraction of sp³-hybridized carbons (Fsp3) is 0.125. The van der Waals surface area contributed by atoms with Gasteiger partial charge in [-0.05, 0) is 12.1 Å². The third-order valence-corrected chi connectivity index (χ3v) is 2.05. The normalized spacial score (nSPS) is 9.71. The van der Waals surface area contributed by atoms with E-state index in [0.717, 1.165) is 7.11 Å². The van der Waals surface area contributed by atoms with Crippen LogP contribution in [0, 0.1) is 5.82 Å². The summed E-state index contributed by atoms with van der Waals surface area (Å²) in [6, 6.07) is 2.62. The van der Waals surface area contributed by atoms with Crippen LogP contribution in [0.1, 0.15) is 0 Å². The highest BCUT2D eigenvalue weighted by molar-refractivity contribution is 9.10. The summed E-state index contributed by atoms with van der Waals surface area (Å²) in [6.07, 6.45) is -1.00. The molecule has 0 unspecified atom stereocenters. The molecule has 0 aliphatic heterocycles. The summed E-state index contributed by atoms with van der Waals surface area (Å²) in [7, 11) is 1.12. The molecular formula is C8H5BrClFO3. The van der Waals surface area contributed by atoms with Gasteiger partial charge in [0, 0.05) is 4.47 Å². The minimum atomic E-state index is -1.00. The van der Waals surface area contributed by atoms with Crippen LogP contribution in [0.25, 0.3) is 0 Å². The van der Waals surface area contributed by atoms with Gasteiger partial charge in [-0.25, -0.2) is 9.18 Å². The zero-order valence-electron chi connectivity index (χ0n) is 7.01. The quantitative estimate of drug-likeness (QED) is 0.450. The van der Waals surface area contributed by atoms with Gasteiger partial charge in [-0.1, -0.05) is 27.5 Å². The first-order valence-corrected chi connectivity index (χ1v) is 4.62. The molecule has 0 aromatic heterocycles. The summed E-state index contributed by atoms with van der Waals surface area (Å²) in [5, 5.41) is -0.140. The summed E-state index contributed by atoms with van der Waals surface area (Å²) in [5.74, 6) is -1.09. The number of carbonyl (C=O) groups excluding carboxylic acids is 1. The Bertz CT molecular complexity index is 370. The van der Waals surface area contributed by atoms with E-state index in [1.54, 1.807) is 0 Å². The van der Waals surface area contributed by atoms with E-state index in [2.05, 4.69) is 25.4 Å². The van der Waals surface area contributed by atoms with Crippen LogP contribution >= 0.6 is 27.5 Å². The third-order valence-electron chi connectivity index (χ3n) is 1.32. The number of rotatable bonds is 1. The molecule has 0 fully saturated rings. The second kappa shape index (κ2) is 4.61. The standard InChI is InChI=1S/C8H5BrClFO3/c1-13-8(12)14-6-3-4(9)2-5(10)7(6)11/h2-3H,1H3. The predicted molar refractivity (Wildman–Crippen MR) is 52.1 cm³/mol. The minimum absolute atomic E-state index is 0.140. The third kappa shape index (κ3) is 2.59. The van der Waals surface area contributed by atoms with E-state index in [9.17, 15) is 9.18 Å². The van der Waals surface area contributed by atoms with E-state index in [0.29, 0.717) is 4.47 Å². The molecule has 0 amide bonds. The van der Waals surface area contributed by atoms with Gasteiger partial charge in [0.1, 0.15) is 0 Å². The molecule has 1 aromatic rings. The smallest absolute Gasteiger partial charge is 0.437 e. The summed E-state index contributed by atoms with van der Waals surface area (Å²) >= 11 is 8.58. The van der Waals surface area contributed by atoms with E-state index < -0.39 is 12.0 Å². The molecule has 0 spiro atoms.